The Morgan fingerprint density at radius 3 is 2.36 bits per heavy atom. The van der Waals surface area contributed by atoms with Gasteiger partial charge in [-0.15, -0.1) is 10.2 Å². The fourth-order valence-electron chi connectivity index (χ4n) is 2.55. The summed E-state index contributed by atoms with van der Waals surface area (Å²) in [6, 6.07) is 19.0. The number of nitrogens with zero attached hydrogens (tertiary/aromatic N) is 3. The third-order valence-electron chi connectivity index (χ3n) is 3.98. The molecule has 0 aliphatic rings. The summed E-state index contributed by atoms with van der Waals surface area (Å²) in [5.74, 6) is 0.405. The number of hydrogen-bond acceptors (Lipinski definition) is 4. The van der Waals surface area contributed by atoms with Crippen molar-refractivity contribution in [3.8, 4) is 0 Å². The quantitative estimate of drug-likeness (QED) is 0.781. The molecule has 0 bridgehead atoms. The summed E-state index contributed by atoms with van der Waals surface area (Å²) in [5.41, 5.74) is 4.43. The van der Waals surface area contributed by atoms with E-state index in [0.29, 0.717) is 11.5 Å². The van der Waals surface area contributed by atoms with Gasteiger partial charge in [-0.05, 0) is 49.7 Å². The van der Waals surface area contributed by atoms with Crippen LogP contribution in [-0.4, -0.2) is 23.2 Å². The van der Waals surface area contributed by atoms with Crippen LogP contribution < -0.4 is 10.2 Å². The topological polar surface area (TPSA) is 58.1 Å². The molecule has 1 N–H and O–H groups in total. The fraction of sp³-hybridized carbons (Fsp3) is 0.150. The van der Waals surface area contributed by atoms with Crippen LogP contribution in [0.15, 0.2) is 60.7 Å². The molecule has 5 heteroatoms. The molecule has 1 aromatic heterocycles. The largest absolute Gasteiger partial charge is 0.339 e. The molecule has 0 radical (unpaired) electrons. The lowest BCUT2D eigenvalue weighted by Crippen LogP contribution is -2.27. The average molecular weight is 332 g/mol. The van der Waals surface area contributed by atoms with Crippen molar-refractivity contribution in [1.82, 2.24) is 10.2 Å². The number of aromatic nitrogens is 2. The molecule has 3 aromatic rings. The van der Waals surface area contributed by atoms with Crippen LogP contribution in [0.4, 0.5) is 17.2 Å². The summed E-state index contributed by atoms with van der Waals surface area (Å²) in [6.07, 6.45) is 0. The Hall–Kier alpha value is -3.21. The van der Waals surface area contributed by atoms with Crippen LogP contribution in [0.25, 0.3) is 0 Å². The zero-order valence-electron chi connectivity index (χ0n) is 14.5. The minimum Gasteiger partial charge on any atom is -0.339 e. The fourth-order valence-corrected chi connectivity index (χ4v) is 2.55. The van der Waals surface area contributed by atoms with E-state index >= 15 is 0 Å². The lowest BCUT2D eigenvalue weighted by Gasteiger charge is -2.16. The molecule has 2 aromatic carbocycles. The number of carbonyl (C=O) groups is 1. The van der Waals surface area contributed by atoms with E-state index in [-0.39, 0.29) is 5.91 Å². The van der Waals surface area contributed by atoms with Crippen LogP contribution in [-0.2, 0) is 0 Å². The summed E-state index contributed by atoms with van der Waals surface area (Å²) in [4.78, 5) is 14.1. The summed E-state index contributed by atoms with van der Waals surface area (Å²) in [6.45, 7) is 4.09. The zero-order valence-corrected chi connectivity index (χ0v) is 14.5. The van der Waals surface area contributed by atoms with Gasteiger partial charge in [-0.3, -0.25) is 4.79 Å². The molecule has 126 valence electrons. The molecule has 1 amide bonds. The third kappa shape index (κ3) is 3.83. The lowest BCUT2D eigenvalue weighted by molar-refractivity contribution is 0.0987. The molecular weight excluding hydrogens is 312 g/mol. The molecule has 3 rings (SSSR count). The first-order valence-electron chi connectivity index (χ1n) is 8.06. The second-order valence-electron chi connectivity index (χ2n) is 5.95. The number of rotatable bonds is 4. The van der Waals surface area contributed by atoms with E-state index in [2.05, 4.69) is 28.5 Å². The molecule has 0 unspecified atom stereocenters. The molecule has 0 fully saturated rings. The standard InChI is InChI=1S/C20H20N4O/c1-14-9-10-17(15(2)13-14)21-19-12-11-18(22-23-19)20(25)24(3)16-7-5-4-6-8-16/h4-13H,1-3H3,(H,21,23). The monoisotopic (exact) mass is 332 g/mol. The van der Waals surface area contributed by atoms with Gasteiger partial charge in [-0.2, -0.15) is 0 Å². The maximum Gasteiger partial charge on any atom is 0.278 e. The van der Waals surface area contributed by atoms with Gasteiger partial charge < -0.3 is 10.2 Å². The van der Waals surface area contributed by atoms with Gasteiger partial charge in [0, 0.05) is 18.4 Å². The number of anilines is 3. The van der Waals surface area contributed by atoms with Gasteiger partial charge in [0.05, 0.1) is 0 Å². The second kappa shape index (κ2) is 7.13. The van der Waals surface area contributed by atoms with Crippen LogP contribution in [0, 0.1) is 13.8 Å². The zero-order chi connectivity index (χ0) is 17.8. The SMILES string of the molecule is Cc1ccc(Nc2ccc(C(=O)N(C)c3ccccc3)nn2)c(C)c1. The molecule has 0 atom stereocenters. The van der Waals surface area contributed by atoms with Crippen molar-refractivity contribution < 1.29 is 4.79 Å². The van der Waals surface area contributed by atoms with Crippen LogP contribution in [0.5, 0.6) is 0 Å². The molecule has 25 heavy (non-hydrogen) atoms. The molecule has 5 nitrogen and oxygen atoms in total. The van der Waals surface area contributed by atoms with Crippen molar-refractivity contribution in [2.24, 2.45) is 0 Å². The first kappa shape index (κ1) is 16.6. The van der Waals surface area contributed by atoms with Gasteiger partial charge in [0.1, 0.15) is 0 Å². The summed E-state index contributed by atoms with van der Waals surface area (Å²) in [5, 5.41) is 11.4. The first-order chi connectivity index (χ1) is 12.0. The summed E-state index contributed by atoms with van der Waals surface area (Å²) in [7, 11) is 1.72. The van der Waals surface area contributed by atoms with E-state index in [1.165, 1.54) is 5.56 Å². The minimum atomic E-state index is -0.197. The van der Waals surface area contributed by atoms with Gasteiger partial charge in [0.15, 0.2) is 11.5 Å². The number of para-hydroxylation sites is 1. The van der Waals surface area contributed by atoms with Gasteiger partial charge in [0.2, 0.25) is 0 Å². The van der Waals surface area contributed by atoms with Gasteiger partial charge in [-0.25, -0.2) is 0 Å². The molecule has 0 spiro atoms. The second-order valence-corrected chi connectivity index (χ2v) is 5.95. The summed E-state index contributed by atoms with van der Waals surface area (Å²) < 4.78 is 0. The Morgan fingerprint density at radius 2 is 1.72 bits per heavy atom. The lowest BCUT2D eigenvalue weighted by atomic mass is 10.1. The highest BCUT2D eigenvalue weighted by Crippen LogP contribution is 2.20. The maximum absolute atomic E-state index is 12.5. The Morgan fingerprint density at radius 1 is 0.960 bits per heavy atom. The average Bonchev–Trinajstić information content (AvgIpc) is 2.64. The number of carbonyl (C=O) groups excluding carboxylic acids is 1. The number of hydrogen-bond donors (Lipinski definition) is 1. The molecule has 0 aliphatic heterocycles. The van der Waals surface area contributed by atoms with E-state index < -0.39 is 0 Å². The van der Waals surface area contributed by atoms with Gasteiger partial charge >= 0.3 is 0 Å². The Labute approximate surface area is 147 Å². The smallest absolute Gasteiger partial charge is 0.278 e. The predicted molar refractivity (Wildman–Crippen MR) is 100 cm³/mol. The minimum absolute atomic E-state index is 0.197. The van der Waals surface area contributed by atoms with Crippen molar-refractivity contribution >= 4 is 23.1 Å². The van der Waals surface area contributed by atoms with Crippen LogP contribution >= 0.6 is 0 Å². The van der Waals surface area contributed by atoms with Crippen molar-refractivity contribution in [2.45, 2.75) is 13.8 Å². The third-order valence-corrected chi connectivity index (χ3v) is 3.98. The van der Waals surface area contributed by atoms with Crippen molar-refractivity contribution in [3.63, 3.8) is 0 Å². The van der Waals surface area contributed by atoms with Crippen LogP contribution in [0.1, 0.15) is 21.6 Å². The van der Waals surface area contributed by atoms with E-state index in [0.717, 1.165) is 16.9 Å². The molecule has 0 saturated heterocycles. The highest BCUT2D eigenvalue weighted by molar-refractivity contribution is 6.04. The Kier molecular flexibility index (Phi) is 4.75. The Bertz CT molecular complexity index is 876. The molecule has 0 saturated carbocycles. The number of aryl methyl sites for hydroxylation is 2. The maximum atomic E-state index is 12.5. The highest BCUT2D eigenvalue weighted by atomic mass is 16.2. The van der Waals surface area contributed by atoms with Crippen molar-refractivity contribution in [3.05, 3.63) is 77.5 Å². The predicted octanol–water partition coefficient (Wildman–Crippen LogP) is 4.11. The van der Waals surface area contributed by atoms with E-state index in [1.54, 1.807) is 24.1 Å². The highest BCUT2D eigenvalue weighted by Gasteiger charge is 2.15. The normalized spacial score (nSPS) is 10.4. The molecule has 0 aliphatic carbocycles. The van der Waals surface area contributed by atoms with Crippen molar-refractivity contribution in [2.75, 3.05) is 17.3 Å². The summed E-state index contributed by atoms with van der Waals surface area (Å²) >= 11 is 0. The van der Waals surface area contributed by atoms with Crippen LogP contribution in [0.3, 0.4) is 0 Å². The number of nitrogens with one attached hydrogen (secondary N) is 1. The number of benzene rings is 2. The van der Waals surface area contributed by atoms with Crippen LogP contribution in [0.2, 0.25) is 0 Å². The van der Waals surface area contributed by atoms with Gasteiger partial charge in [-0.1, -0.05) is 35.9 Å². The molecule has 1 heterocycles. The van der Waals surface area contributed by atoms with Gasteiger partial charge in [0.25, 0.3) is 5.91 Å². The first-order valence-corrected chi connectivity index (χ1v) is 8.06. The molecular formula is C20H20N4O. The Balaban J connectivity index is 1.74. The van der Waals surface area contributed by atoms with E-state index in [9.17, 15) is 4.79 Å². The van der Waals surface area contributed by atoms with Crippen molar-refractivity contribution in [1.29, 1.82) is 0 Å². The van der Waals surface area contributed by atoms with E-state index in [4.69, 9.17) is 0 Å². The number of amides is 1. The van der Waals surface area contributed by atoms with E-state index in [1.807, 2.05) is 49.4 Å².